The van der Waals surface area contributed by atoms with Crippen LogP contribution in [0.15, 0.2) is 58.3 Å². The number of hydrogen-bond acceptors (Lipinski definition) is 8. The molecular formula is C28H22F6N4O4S4. The molecule has 2 aromatic rings. The third-order valence-electron chi connectivity index (χ3n) is 6.42. The van der Waals surface area contributed by atoms with Crippen molar-refractivity contribution in [3.8, 4) is 0 Å². The van der Waals surface area contributed by atoms with E-state index < -0.39 is 47.1 Å². The summed E-state index contributed by atoms with van der Waals surface area (Å²) < 4.78 is 77.8. The third-order valence-corrected chi connectivity index (χ3v) is 9.45. The maximum atomic E-state index is 13.1. The summed E-state index contributed by atoms with van der Waals surface area (Å²) in [6, 6.07) is 8.36. The lowest BCUT2D eigenvalue weighted by atomic mass is 10.2. The number of halogens is 6. The number of nitrogens with zero attached hydrogens (tertiary/aromatic N) is 2. The number of alkyl halides is 6. The summed E-state index contributed by atoms with van der Waals surface area (Å²) in [5.41, 5.74) is -1.87. The van der Waals surface area contributed by atoms with Gasteiger partial charge in [-0.1, -0.05) is 60.1 Å². The van der Waals surface area contributed by atoms with Crippen LogP contribution in [0.3, 0.4) is 0 Å². The van der Waals surface area contributed by atoms with Crippen molar-refractivity contribution in [3.63, 3.8) is 0 Å². The van der Waals surface area contributed by atoms with Crippen molar-refractivity contribution in [1.29, 1.82) is 0 Å². The second-order valence-electron chi connectivity index (χ2n) is 9.77. The second kappa shape index (κ2) is 14.5. The SMILES string of the molecule is O=C(CCCN1C(=O)/C(=C2\SC(=S)N(CCCC(=O)Nc3cccc(C(F)(F)F)c3)C2=O)SC1=S)Nc1cccc(C(F)(F)F)c1. The Morgan fingerprint density at radius 3 is 1.39 bits per heavy atom. The van der Waals surface area contributed by atoms with Crippen LogP contribution in [0.1, 0.15) is 36.8 Å². The van der Waals surface area contributed by atoms with Gasteiger partial charge in [-0.15, -0.1) is 0 Å². The lowest BCUT2D eigenvalue weighted by Gasteiger charge is -2.15. The van der Waals surface area contributed by atoms with Crippen LogP contribution in [0, 0.1) is 0 Å². The van der Waals surface area contributed by atoms with E-state index in [-0.39, 0.29) is 68.6 Å². The molecular weight excluding hydrogens is 699 g/mol. The van der Waals surface area contributed by atoms with E-state index in [1.165, 1.54) is 34.1 Å². The topological polar surface area (TPSA) is 98.8 Å². The molecule has 8 nitrogen and oxygen atoms in total. The molecule has 0 saturated carbocycles. The lowest BCUT2D eigenvalue weighted by Crippen LogP contribution is -2.31. The molecule has 0 atom stereocenters. The number of thiocarbonyl (C=S) groups is 2. The lowest BCUT2D eigenvalue weighted by molar-refractivity contribution is -0.138. The first-order chi connectivity index (χ1) is 21.5. The fourth-order valence-electron chi connectivity index (χ4n) is 4.24. The fourth-order valence-corrected chi connectivity index (χ4v) is 7.02. The molecule has 0 bridgehead atoms. The molecule has 2 fully saturated rings. The summed E-state index contributed by atoms with van der Waals surface area (Å²) >= 11 is 12.4. The van der Waals surface area contributed by atoms with Crippen LogP contribution in [-0.2, 0) is 31.5 Å². The van der Waals surface area contributed by atoms with Gasteiger partial charge < -0.3 is 10.6 Å². The van der Waals surface area contributed by atoms with Gasteiger partial charge in [-0.3, -0.25) is 29.0 Å². The maximum Gasteiger partial charge on any atom is 0.416 e. The van der Waals surface area contributed by atoms with Crippen LogP contribution in [0.2, 0.25) is 0 Å². The molecule has 2 N–H and O–H groups in total. The van der Waals surface area contributed by atoms with Gasteiger partial charge in [0.1, 0.15) is 8.64 Å². The van der Waals surface area contributed by atoms with Gasteiger partial charge in [-0.05, 0) is 49.2 Å². The number of carbonyl (C=O) groups excluding carboxylic acids is 4. The Labute approximate surface area is 277 Å². The first-order valence-corrected chi connectivity index (χ1v) is 15.8. The Balaban J connectivity index is 1.27. The Morgan fingerprint density at radius 1 is 0.674 bits per heavy atom. The van der Waals surface area contributed by atoms with Gasteiger partial charge in [-0.2, -0.15) is 26.3 Å². The highest BCUT2D eigenvalue weighted by atomic mass is 32.2. The van der Waals surface area contributed by atoms with Gasteiger partial charge in [-0.25, -0.2) is 0 Å². The van der Waals surface area contributed by atoms with Gasteiger partial charge in [0.2, 0.25) is 11.8 Å². The molecule has 18 heteroatoms. The molecule has 0 spiro atoms. The molecule has 2 aromatic carbocycles. The standard InChI is InChI=1S/C28H22F6N4O4S4/c29-27(30,31)15-5-1-7-17(13-15)35-19(39)9-3-11-37-23(41)21(45-25(37)43)22-24(42)38(26(44)46-22)12-4-10-20(40)36-18-8-2-6-16(14-18)28(32,33)34/h1-2,5-8,13-14H,3-4,9-12H2,(H,35,39)(H,36,40)/b22-21+. The van der Waals surface area contributed by atoms with Gasteiger partial charge >= 0.3 is 12.4 Å². The average molecular weight is 721 g/mol. The van der Waals surface area contributed by atoms with Gasteiger partial charge in [0.25, 0.3) is 11.8 Å². The van der Waals surface area contributed by atoms with E-state index in [0.717, 1.165) is 47.8 Å². The minimum absolute atomic E-state index is 0.0193. The van der Waals surface area contributed by atoms with Crippen molar-refractivity contribution in [2.45, 2.75) is 38.0 Å². The smallest absolute Gasteiger partial charge is 0.326 e. The van der Waals surface area contributed by atoms with Gasteiger partial charge in [0.15, 0.2) is 0 Å². The van der Waals surface area contributed by atoms with Gasteiger partial charge in [0.05, 0.1) is 20.9 Å². The van der Waals surface area contributed by atoms with E-state index in [4.69, 9.17) is 24.4 Å². The van der Waals surface area contributed by atoms with Gasteiger partial charge in [0, 0.05) is 37.3 Å². The largest absolute Gasteiger partial charge is 0.416 e. The highest BCUT2D eigenvalue weighted by molar-refractivity contribution is 8.29. The number of rotatable bonds is 10. The van der Waals surface area contributed by atoms with E-state index in [1.807, 2.05) is 0 Å². The quantitative estimate of drug-likeness (QED) is 0.157. The molecule has 0 unspecified atom stereocenters. The van der Waals surface area contributed by atoms with Crippen LogP contribution in [-0.4, -0.2) is 55.2 Å². The number of carbonyl (C=O) groups is 4. The molecule has 2 aliphatic rings. The summed E-state index contributed by atoms with van der Waals surface area (Å²) in [5.74, 6) is -2.24. The molecule has 0 aliphatic carbocycles. The van der Waals surface area contributed by atoms with Crippen molar-refractivity contribution >= 4 is 91.6 Å². The summed E-state index contributed by atoms with van der Waals surface area (Å²) in [5, 5.41) is 4.78. The third kappa shape index (κ3) is 8.86. The molecule has 2 heterocycles. The van der Waals surface area contributed by atoms with E-state index in [2.05, 4.69) is 10.6 Å². The highest BCUT2D eigenvalue weighted by Crippen LogP contribution is 2.42. The van der Waals surface area contributed by atoms with E-state index in [0.29, 0.717) is 0 Å². The minimum atomic E-state index is -4.56. The van der Waals surface area contributed by atoms with Crippen LogP contribution in [0.5, 0.6) is 0 Å². The predicted octanol–water partition coefficient (Wildman–Crippen LogP) is 6.79. The second-order valence-corrected chi connectivity index (χ2v) is 13.1. The Morgan fingerprint density at radius 2 is 1.04 bits per heavy atom. The van der Waals surface area contributed by atoms with Crippen molar-refractivity contribution in [3.05, 3.63) is 69.5 Å². The number of thioether (sulfide) groups is 2. The summed E-state index contributed by atoms with van der Waals surface area (Å²) in [4.78, 5) is 53.4. The first kappa shape index (κ1) is 35.4. The average Bonchev–Trinajstić information content (AvgIpc) is 3.41. The molecule has 46 heavy (non-hydrogen) atoms. The highest BCUT2D eigenvalue weighted by Gasteiger charge is 2.42. The van der Waals surface area contributed by atoms with Crippen molar-refractivity contribution in [2.75, 3.05) is 23.7 Å². The first-order valence-electron chi connectivity index (χ1n) is 13.3. The van der Waals surface area contributed by atoms with Crippen molar-refractivity contribution < 1.29 is 45.5 Å². The zero-order valence-electron chi connectivity index (χ0n) is 23.3. The summed E-state index contributed by atoms with van der Waals surface area (Å²) in [6.45, 7) is 0.0386. The van der Waals surface area contributed by atoms with Crippen LogP contribution >= 0.6 is 48.0 Å². The van der Waals surface area contributed by atoms with Crippen molar-refractivity contribution in [1.82, 2.24) is 9.80 Å². The zero-order valence-corrected chi connectivity index (χ0v) is 26.6. The van der Waals surface area contributed by atoms with Crippen LogP contribution in [0.4, 0.5) is 37.7 Å². The molecule has 2 saturated heterocycles. The molecule has 0 radical (unpaired) electrons. The number of amides is 4. The molecule has 2 aliphatic heterocycles. The fraction of sp³-hybridized carbons (Fsp3) is 0.286. The molecule has 244 valence electrons. The number of benzene rings is 2. The van der Waals surface area contributed by atoms with E-state index in [9.17, 15) is 45.5 Å². The molecule has 4 amide bonds. The predicted molar refractivity (Wildman–Crippen MR) is 169 cm³/mol. The molecule has 4 rings (SSSR count). The normalized spacial score (nSPS) is 17.3. The van der Waals surface area contributed by atoms with E-state index in [1.54, 1.807) is 0 Å². The maximum absolute atomic E-state index is 13.1. The molecule has 0 aromatic heterocycles. The number of anilines is 2. The van der Waals surface area contributed by atoms with E-state index >= 15 is 0 Å². The van der Waals surface area contributed by atoms with Crippen LogP contribution in [0.25, 0.3) is 0 Å². The minimum Gasteiger partial charge on any atom is -0.326 e. The Hall–Kier alpha value is -3.48. The summed E-state index contributed by atoms with van der Waals surface area (Å²) in [6.07, 6.45) is -9.10. The van der Waals surface area contributed by atoms with Crippen molar-refractivity contribution in [2.24, 2.45) is 0 Å². The monoisotopic (exact) mass is 720 g/mol. The Kier molecular flexibility index (Phi) is 11.2. The van der Waals surface area contributed by atoms with Crippen LogP contribution < -0.4 is 10.6 Å². The number of hydrogen-bond donors (Lipinski definition) is 2. The zero-order chi connectivity index (χ0) is 33.8. The Bertz CT molecular complexity index is 1510. The number of nitrogens with one attached hydrogen (secondary N) is 2. The summed E-state index contributed by atoms with van der Waals surface area (Å²) in [7, 11) is 0.